The molecule has 2 heterocycles. The number of aryl methyl sites for hydroxylation is 1. The smallest absolute Gasteiger partial charge is 0.259 e. The van der Waals surface area contributed by atoms with E-state index >= 15 is 0 Å². The Labute approximate surface area is 179 Å². The number of rotatable bonds is 5. The van der Waals surface area contributed by atoms with Gasteiger partial charge in [-0.3, -0.25) is 9.69 Å². The molecule has 0 spiro atoms. The molecular weight excluding hydrogens is 376 g/mol. The van der Waals surface area contributed by atoms with Gasteiger partial charge in [0.05, 0.1) is 30.1 Å². The van der Waals surface area contributed by atoms with Crippen LogP contribution in [0.2, 0.25) is 0 Å². The van der Waals surface area contributed by atoms with E-state index in [1.807, 2.05) is 31.2 Å². The molecule has 2 aromatic rings. The Morgan fingerprint density at radius 3 is 2.63 bits per heavy atom. The Bertz CT molecular complexity index is 879. The maximum absolute atomic E-state index is 12.8. The van der Waals surface area contributed by atoms with Crippen molar-refractivity contribution in [2.45, 2.75) is 70.4 Å². The molecule has 6 nitrogen and oxygen atoms in total. The van der Waals surface area contributed by atoms with Gasteiger partial charge in [-0.15, -0.1) is 0 Å². The highest BCUT2D eigenvalue weighted by Crippen LogP contribution is 2.35. The van der Waals surface area contributed by atoms with Gasteiger partial charge in [-0.2, -0.15) is 0 Å². The lowest BCUT2D eigenvalue weighted by Gasteiger charge is -2.42. The van der Waals surface area contributed by atoms with E-state index in [2.05, 4.69) is 15.2 Å². The standard InChI is InChI=1S/C24H32N4O2/c1-17-19(24(29)27-20-12-6-7-14-22(20)30-2)16-25-23(26-17)21-13-8-9-15-28(21)18-10-4-3-5-11-18/h6-7,12,14,16,18,21H,3-5,8-11,13,15H2,1-2H3,(H,27,29)/t21-/m0/s1. The Morgan fingerprint density at radius 1 is 1.10 bits per heavy atom. The van der Waals surface area contributed by atoms with Crippen molar-refractivity contribution >= 4 is 11.6 Å². The lowest BCUT2D eigenvalue weighted by atomic mass is 9.90. The van der Waals surface area contributed by atoms with E-state index in [4.69, 9.17) is 9.72 Å². The van der Waals surface area contributed by atoms with E-state index < -0.39 is 0 Å². The molecule has 0 radical (unpaired) electrons. The molecule has 0 unspecified atom stereocenters. The van der Waals surface area contributed by atoms with E-state index in [0.29, 0.717) is 23.0 Å². The summed E-state index contributed by atoms with van der Waals surface area (Å²) in [6.45, 7) is 3.03. The van der Waals surface area contributed by atoms with Crippen LogP contribution < -0.4 is 10.1 Å². The molecule has 1 saturated carbocycles. The van der Waals surface area contributed by atoms with Crippen LogP contribution in [0.1, 0.15) is 79.3 Å². The van der Waals surface area contributed by atoms with Crippen LogP contribution in [0, 0.1) is 6.92 Å². The molecule has 1 N–H and O–H groups in total. The number of anilines is 1. The number of carbonyl (C=O) groups excluding carboxylic acids is 1. The predicted molar refractivity (Wildman–Crippen MR) is 118 cm³/mol. The molecule has 2 aliphatic rings. The van der Waals surface area contributed by atoms with Crippen molar-refractivity contribution in [1.82, 2.24) is 14.9 Å². The number of ether oxygens (including phenoxy) is 1. The molecule has 6 heteroatoms. The van der Waals surface area contributed by atoms with E-state index in [1.54, 1.807) is 13.3 Å². The fourth-order valence-corrected chi connectivity index (χ4v) is 4.89. The minimum atomic E-state index is -0.212. The second-order valence-electron chi connectivity index (χ2n) is 8.42. The van der Waals surface area contributed by atoms with E-state index in [1.165, 1.54) is 44.9 Å². The zero-order valence-corrected chi connectivity index (χ0v) is 18.1. The lowest BCUT2D eigenvalue weighted by Crippen LogP contribution is -2.43. The molecule has 2 fully saturated rings. The average molecular weight is 409 g/mol. The lowest BCUT2D eigenvalue weighted by molar-refractivity contribution is 0.0674. The van der Waals surface area contributed by atoms with Crippen molar-refractivity contribution in [3.05, 3.63) is 47.5 Å². The SMILES string of the molecule is COc1ccccc1NC(=O)c1cnc([C@@H]2CCCCN2C2CCCCC2)nc1C. The van der Waals surface area contributed by atoms with E-state index in [9.17, 15) is 4.79 Å². The predicted octanol–water partition coefficient (Wildman–Crippen LogP) is 4.91. The number of piperidine rings is 1. The normalized spacial score (nSPS) is 20.7. The number of likely N-dealkylation sites (tertiary alicyclic amines) is 1. The van der Waals surface area contributed by atoms with Gasteiger partial charge in [-0.1, -0.05) is 37.8 Å². The number of nitrogens with one attached hydrogen (secondary N) is 1. The number of hydrogen-bond donors (Lipinski definition) is 1. The Balaban J connectivity index is 1.52. The summed E-state index contributed by atoms with van der Waals surface area (Å²) in [5.41, 5.74) is 1.87. The van der Waals surface area contributed by atoms with Crippen molar-refractivity contribution in [3.8, 4) is 5.75 Å². The minimum Gasteiger partial charge on any atom is -0.495 e. The average Bonchev–Trinajstić information content (AvgIpc) is 2.80. The number of nitrogens with zero attached hydrogens (tertiary/aromatic N) is 3. The molecular formula is C24H32N4O2. The molecule has 160 valence electrons. The van der Waals surface area contributed by atoms with Crippen LogP contribution in [-0.2, 0) is 0 Å². The Hall–Kier alpha value is -2.47. The van der Waals surface area contributed by atoms with Crippen LogP contribution in [0.25, 0.3) is 0 Å². The monoisotopic (exact) mass is 408 g/mol. The molecule has 1 saturated heterocycles. The molecule has 1 atom stereocenters. The molecule has 0 bridgehead atoms. The third-order valence-electron chi connectivity index (χ3n) is 6.48. The van der Waals surface area contributed by atoms with Gasteiger partial charge in [-0.05, 0) is 51.3 Å². The minimum absolute atomic E-state index is 0.212. The number of para-hydroxylation sites is 2. The highest BCUT2D eigenvalue weighted by atomic mass is 16.5. The van der Waals surface area contributed by atoms with Crippen molar-refractivity contribution in [2.24, 2.45) is 0 Å². The first-order valence-corrected chi connectivity index (χ1v) is 11.2. The second kappa shape index (κ2) is 9.56. The van der Waals surface area contributed by atoms with Gasteiger partial charge >= 0.3 is 0 Å². The fourth-order valence-electron chi connectivity index (χ4n) is 4.89. The molecule has 1 aliphatic heterocycles. The summed E-state index contributed by atoms with van der Waals surface area (Å²) in [6.07, 6.45) is 11.9. The summed E-state index contributed by atoms with van der Waals surface area (Å²) in [7, 11) is 1.59. The maximum Gasteiger partial charge on any atom is 0.259 e. The molecule has 1 amide bonds. The summed E-state index contributed by atoms with van der Waals surface area (Å²) in [5.74, 6) is 1.29. The van der Waals surface area contributed by atoms with E-state index in [-0.39, 0.29) is 11.9 Å². The van der Waals surface area contributed by atoms with Crippen LogP contribution in [0.5, 0.6) is 5.75 Å². The molecule has 1 aromatic carbocycles. The maximum atomic E-state index is 12.8. The van der Waals surface area contributed by atoms with Gasteiger partial charge in [0.25, 0.3) is 5.91 Å². The van der Waals surface area contributed by atoms with Crippen LogP contribution in [-0.4, -0.2) is 40.5 Å². The van der Waals surface area contributed by atoms with Crippen LogP contribution in [0.15, 0.2) is 30.5 Å². The van der Waals surface area contributed by atoms with Gasteiger partial charge in [0.2, 0.25) is 0 Å². The van der Waals surface area contributed by atoms with Crippen LogP contribution >= 0.6 is 0 Å². The zero-order valence-electron chi connectivity index (χ0n) is 18.1. The quantitative estimate of drug-likeness (QED) is 0.762. The summed E-state index contributed by atoms with van der Waals surface area (Å²) in [4.78, 5) is 25.0. The van der Waals surface area contributed by atoms with Crippen LogP contribution in [0.3, 0.4) is 0 Å². The van der Waals surface area contributed by atoms with Crippen LogP contribution in [0.4, 0.5) is 5.69 Å². The largest absolute Gasteiger partial charge is 0.495 e. The van der Waals surface area contributed by atoms with Crippen molar-refractivity contribution in [3.63, 3.8) is 0 Å². The second-order valence-corrected chi connectivity index (χ2v) is 8.42. The third-order valence-corrected chi connectivity index (χ3v) is 6.48. The Morgan fingerprint density at radius 2 is 1.87 bits per heavy atom. The van der Waals surface area contributed by atoms with Gasteiger partial charge in [0.15, 0.2) is 0 Å². The molecule has 30 heavy (non-hydrogen) atoms. The van der Waals surface area contributed by atoms with Crippen molar-refractivity contribution in [1.29, 1.82) is 0 Å². The summed E-state index contributed by atoms with van der Waals surface area (Å²) in [6, 6.07) is 8.32. The molecule has 1 aromatic heterocycles. The van der Waals surface area contributed by atoms with Gasteiger partial charge < -0.3 is 10.1 Å². The topological polar surface area (TPSA) is 67.3 Å². The first kappa shape index (κ1) is 20.8. The number of aromatic nitrogens is 2. The third kappa shape index (κ3) is 4.48. The Kier molecular flexibility index (Phi) is 6.62. The number of benzene rings is 1. The number of methoxy groups -OCH3 is 1. The first-order valence-electron chi connectivity index (χ1n) is 11.2. The summed E-state index contributed by atoms with van der Waals surface area (Å²) >= 11 is 0. The summed E-state index contributed by atoms with van der Waals surface area (Å²) in [5, 5.41) is 2.92. The van der Waals surface area contributed by atoms with Gasteiger partial charge in [-0.25, -0.2) is 9.97 Å². The molecule has 1 aliphatic carbocycles. The zero-order chi connectivity index (χ0) is 20.9. The fraction of sp³-hybridized carbons (Fsp3) is 0.542. The van der Waals surface area contributed by atoms with Crippen molar-refractivity contribution < 1.29 is 9.53 Å². The van der Waals surface area contributed by atoms with Gasteiger partial charge in [0, 0.05) is 12.2 Å². The number of hydrogen-bond acceptors (Lipinski definition) is 5. The molecule has 4 rings (SSSR count). The summed E-state index contributed by atoms with van der Waals surface area (Å²) < 4.78 is 5.33. The number of carbonyl (C=O) groups is 1. The van der Waals surface area contributed by atoms with E-state index in [0.717, 1.165) is 24.5 Å². The highest BCUT2D eigenvalue weighted by Gasteiger charge is 2.32. The first-order chi connectivity index (χ1) is 14.7. The number of amides is 1. The van der Waals surface area contributed by atoms with Gasteiger partial charge in [0.1, 0.15) is 11.6 Å². The van der Waals surface area contributed by atoms with Crippen molar-refractivity contribution in [2.75, 3.05) is 19.0 Å². The highest BCUT2D eigenvalue weighted by molar-refractivity contribution is 6.05.